The third-order valence-corrected chi connectivity index (χ3v) is 1.96. The summed E-state index contributed by atoms with van der Waals surface area (Å²) in [6.45, 7) is 0. The molecule has 0 aliphatic rings. The number of halogens is 2. The SMILES string of the molecule is Fc1ccc(-c2ccc[c]c2F)cc1. The molecule has 0 aliphatic heterocycles. The van der Waals surface area contributed by atoms with E-state index in [0.29, 0.717) is 11.1 Å². The van der Waals surface area contributed by atoms with Gasteiger partial charge >= 0.3 is 0 Å². The van der Waals surface area contributed by atoms with Gasteiger partial charge in [-0.2, -0.15) is 0 Å². The van der Waals surface area contributed by atoms with Gasteiger partial charge in [-0.25, -0.2) is 8.78 Å². The minimum absolute atomic E-state index is 0.325. The Bertz CT molecular complexity index is 432. The smallest absolute Gasteiger partial charge is 0.138 e. The van der Waals surface area contributed by atoms with Crippen LogP contribution in [-0.2, 0) is 0 Å². The molecule has 0 amide bonds. The third-order valence-electron chi connectivity index (χ3n) is 1.96. The van der Waals surface area contributed by atoms with E-state index in [-0.39, 0.29) is 5.82 Å². The number of rotatable bonds is 1. The normalized spacial score (nSPS) is 10.1. The molecule has 2 aromatic carbocycles. The van der Waals surface area contributed by atoms with Crippen molar-refractivity contribution in [3.8, 4) is 11.1 Å². The molecule has 0 saturated carbocycles. The first-order valence-corrected chi connectivity index (χ1v) is 4.19. The van der Waals surface area contributed by atoms with Gasteiger partial charge in [0.2, 0.25) is 0 Å². The Balaban J connectivity index is 2.50. The van der Waals surface area contributed by atoms with Gasteiger partial charge in [0.25, 0.3) is 0 Å². The lowest BCUT2D eigenvalue weighted by Gasteiger charge is -2.01. The van der Waals surface area contributed by atoms with Crippen LogP contribution < -0.4 is 0 Å². The number of benzene rings is 2. The summed E-state index contributed by atoms with van der Waals surface area (Å²) in [5, 5.41) is 0. The Kier molecular flexibility index (Phi) is 2.27. The fraction of sp³-hybridized carbons (Fsp3) is 0. The quantitative estimate of drug-likeness (QED) is 0.644. The summed E-state index contributed by atoms with van der Waals surface area (Å²) >= 11 is 0. The summed E-state index contributed by atoms with van der Waals surface area (Å²) in [5.74, 6) is -0.742. The summed E-state index contributed by atoms with van der Waals surface area (Å²) in [6, 6.07) is 13.0. The first kappa shape index (κ1) is 8.88. The van der Waals surface area contributed by atoms with Gasteiger partial charge in [0.1, 0.15) is 11.6 Å². The van der Waals surface area contributed by atoms with E-state index in [0.717, 1.165) is 0 Å². The van der Waals surface area contributed by atoms with Gasteiger partial charge in [0, 0.05) is 11.6 Å². The van der Waals surface area contributed by atoms with Crippen molar-refractivity contribution in [2.24, 2.45) is 0 Å². The Hall–Kier alpha value is -1.70. The zero-order valence-corrected chi connectivity index (χ0v) is 7.30. The molecule has 0 nitrogen and oxygen atoms in total. The van der Waals surface area contributed by atoms with Crippen molar-refractivity contribution < 1.29 is 8.78 Å². The topological polar surface area (TPSA) is 0 Å². The van der Waals surface area contributed by atoms with Crippen LogP contribution in [0.2, 0.25) is 0 Å². The molecule has 0 saturated heterocycles. The minimum Gasteiger partial charge on any atom is -0.207 e. The molecule has 0 aromatic heterocycles. The van der Waals surface area contributed by atoms with Crippen LogP contribution in [0, 0.1) is 17.7 Å². The lowest BCUT2D eigenvalue weighted by Crippen LogP contribution is -1.83. The highest BCUT2D eigenvalue weighted by Crippen LogP contribution is 2.21. The van der Waals surface area contributed by atoms with Gasteiger partial charge in [-0.3, -0.25) is 0 Å². The fourth-order valence-corrected chi connectivity index (χ4v) is 1.27. The second-order valence-corrected chi connectivity index (χ2v) is 2.90. The van der Waals surface area contributed by atoms with E-state index in [1.165, 1.54) is 18.2 Å². The molecule has 2 heteroatoms. The molecule has 69 valence electrons. The summed E-state index contributed by atoms with van der Waals surface area (Å²) in [4.78, 5) is 0. The lowest BCUT2D eigenvalue weighted by atomic mass is 10.1. The maximum absolute atomic E-state index is 13.2. The Morgan fingerprint density at radius 1 is 0.929 bits per heavy atom. The summed E-state index contributed by atoms with van der Waals surface area (Å²) in [7, 11) is 0. The predicted octanol–water partition coefficient (Wildman–Crippen LogP) is 3.43. The number of hydrogen-bond acceptors (Lipinski definition) is 0. The van der Waals surface area contributed by atoms with Crippen molar-refractivity contribution in [3.05, 3.63) is 60.2 Å². The van der Waals surface area contributed by atoms with Crippen LogP contribution in [0.5, 0.6) is 0 Å². The first-order chi connectivity index (χ1) is 6.77. The highest BCUT2D eigenvalue weighted by molar-refractivity contribution is 5.63. The van der Waals surface area contributed by atoms with Crippen molar-refractivity contribution in [3.63, 3.8) is 0 Å². The predicted molar refractivity (Wildman–Crippen MR) is 50.6 cm³/mol. The minimum atomic E-state index is -0.417. The second kappa shape index (κ2) is 3.58. The van der Waals surface area contributed by atoms with E-state index in [1.54, 1.807) is 24.3 Å². The maximum Gasteiger partial charge on any atom is 0.138 e. The van der Waals surface area contributed by atoms with Gasteiger partial charge in [-0.1, -0.05) is 30.3 Å². The zero-order valence-electron chi connectivity index (χ0n) is 7.30. The third kappa shape index (κ3) is 1.64. The number of hydrogen-bond donors (Lipinski definition) is 0. The lowest BCUT2D eigenvalue weighted by molar-refractivity contribution is 0.625. The molecule has 0 bridgehead atoms. The largest absolute Gasteiger partial charge is 0.207 e. The molecule has 2 rings (SSSR count). The Morgan fingerprint density at radius 3 is 2.29 bits per heavy atom. The molecular weight excluding hydrogens is 182 g/mol. The average Bonchev–Trinajstić information content (AvgIpc) is 2.20. The van der Waals surface area contributed by atoms with Crippen molar-refractivity contribution in [1.29, 1.82) is 0 Å². The molecule has 0 N–H and O–H groups in total. The highest BCUT2D eigenvalue weighted by Gasteiger charge is 2.03. The molecule has 0 unspecified atom stereocenters. The molecule has 0 atom stereocenters. The molecule has 0 spiro atoms. The molecule has 0 fully saturated rings. The Morgan fingerprint density at radius 2 is 1.64 bits per heavy atom. The van der Waals surface area contributed by atoms with E-state index in [4.69, 9.17) is 0 Å². The van der Waals surface area contributed by atoms with Gasteiger partial charge < -0.3 is 0 Å². The van der Waals surface area contributed by atoms with Crippen LogP contribution in [-0.4, -0.2) is 0 Å². The van der Waals surface area contributed by atoms with Crippen LogP contribution in [0.25, 0.3) is 11.1 Å². The van der Waals surface area contributed by atoms with E-state index >= 15 is 0 Å². The van der Waals surface area contributed by atoms with Gasteiger partial charge in [0.15, 0.2) is 0 Å². The maximum atomic E-state index is 13.2. The van der Waals surface area contributed by atoms with Crippen LogP contribution in [0.3, 0.4) is 0 Å². The van der Waals surface area contributed by atoms with E-state index in [1.807, 2.05) is 0 Å². The molecule has 0 aliphatic carbocycles. The van der Waals surface area contributed by atoms with E-state index < -0.39 is 5.82 Å². The van der Waals surface area contributed by atoms with Gasteiger partial charge in [0.05, 0.1) is 0 Å². The van der Waals surface area contributed by atoms with Crippen molar-refractivity contribution >= 4 is 0 Å². The van der Waals surface area contributed by atoms with Crippen LogP contribution >= 0.6 is 0 Å². The van der Waals surface area contributed by atoms with Gasteiger partial charge in [-0.15, -0.1) is 0 Å². The average molecular weight is 189 g/mol. The Labute approximate surface area is 80.8 Å². The van der Waals surface area contributed by atoms with Crippen molar-refractivity contribution in [2.75, 3.05) is 0 Å². The van der Waals surface area contributed by atoms with Crippen LogP contribution in [0.1, 0.15) is 0 Å². The van der Waals surface area contributed by atoms with Gasteiger partial charge in [-0.05, 0) is 17.7 Å². The molecule has 1 radical (unpaired) electrons. The van der Waals surface area contributed by atoms with Crippen LogP contribution in [0.4, 0.5) is 8.78 Å². The summed E-state index contributed by atoms with van der Waals surface area (Å²) < 4.78 is 25.8. The highest BCUT2D eigenvalue weighted by atomic mass is 19.1. The zero-order chi connectivity index (χ0) is 9.97. The fourth-order valence-electron chi connectivity index (χ4n) is 1.27. The second-order valence-electron chi connectivity index (χ2n) is 2.90. The van der Waals surface area contributed by atoms with Crippen LogP contribution in [0.15, 0.2) is 42.5 Å². The van der Waals surface area contributed by atoms with E-state index in [9.17, 15) is 8.78 Å². The first-order valence-electron chi connectivity index (χ1n) is 4.19. The summed E-state index contributed by atoms with van der Waals surface area (Å²) in [5.41, 5.74) is 1.09. The van der Waals surface area contributed by atoms with Crippen molar-refractivity contribution in [1.82, 2.24) is 0 Å². The molecule has 0 heterocycles. The van der Waals surface area contributed by atoms with Crippen molar-refractivity contribution in [2.45, 2.75) is 0 Å². The monoisotopic (exact) mass is 189 g/mol. The van der Waals surface area contributed by atoms with E-state index in [2.05, 4.69) is 6.07 Å². The molecule has 2 aromatic rings. The summed E-state index contributed by atoms with van der Waals surface area (Å²) in [6.07, 6.45) is 0. The standard InChI is InChI=1S/C12H7F2/c13-10-7-5-9(6-8-10)11-3-1-2-4-12(11)14/h1-3,5-8H. The molecular formula is C12H7F2. The molecule has 14 heavy (non-hydrogen) atoms.